The van der Waals surface area contributed by atoms with Crippen LogP contribution in [0.1, 0.15) is 0 Å². The quantitative estimate of drug-likeness (QED) is 0.636. The molecule has 2 aromatic carbocycles. The zero-order chi connectivity index (χ0) is 13.9. The maximum absolute atomic E-state index is 6.17. The highest BCUT2D eigenvalue weighted by Gasteiger charge is 2.03. The van der Waals surface area contributed by atoms with Crippen molar-refractivity contribution in [2.24, 2.45) is 0 Å². The van der Waals surface area contributed by atoms with E-state index in [-0.39, 0.29) is 0 Å². The molecule has 0 aliphatic heterocycles. The second-order valence-corrected chi connectivity index (χ2v) is 5.81. The summed E-state index contributed by atoms with van der Waals surface area (Å²) in [5.41, 5.74) is 1.14. The third-order valence-electron chi connectivity index (χ3n) is 3.18. The van der Waals surface area contributed by atoms with Crippen LogP contribution in [0.4, 0.5) is 0 Å². The minimum Gasteiger partial charge on any atom is -0.492 e. The van der Waals surface area contributed by atoms with Gasteiger partial charge in [0.05, 0.1) is 6.54 Å². The van der Waals surface area contributed by atoms with E-state index in [9.17, 15) is 0 Å². The molecule has 1 aromatic heterocycles. The number of benzene rings is 2. The van der Waals surface area contributed by atoms with E-state index in [1.54, 1.807) is 0 Å². The average Bonchev–Trinajstić information content (AvgIpc) is 2.86. The lowest BCUT2D eigenvalue weighted by Crippen LogP contribution is -2.07. The van der Waals surface area contributed by atoms with Crippen LogP contribution >= 0.6 is 27.5 Å². The molecular formula is C16H13BrClNO. The first kappa shape index (κ1) is 13.5. The van der Waals surface area contributed by atoms with Crippen molar-refractivity contribution < 1.29 is 4.74 Å². The van der Waals surface area contributed by atoms with Crippen LogP contribution < -0.4 is 4.74 Å². The van der Waals surface area contributed by atoms with E-state index in [4.69, 9.17) is 16.3 Å². The lowest BCUT2D eigenvalue weighted by molar-refractivity contribution is 0.300. The van der Waals surface area contributed by atoms with Gasteiger partial charge in [-0.25, -0.2) is 0 Å². The van der Waals surface area contributed by atoms with E-state index in [0.29, 0.717) is 6.61 Å². The molecule has 0 atom stereocenters. The molecule has 2 nitrogen and oxygen atoms in total. The van der Waals surface area contributed by atoms with Gasteiger partial charge >= 0.3 is 0 Å². The fourth-order valence-corrected chi connectivity index (χ4v) is 2.67. The average molecular weight is 351 g/mol. The Morgan fingerprint density at radius 2 is 1.85 bits per heavy atom. The molecule has 0 spiro atoms. The molecule has 0 saturated heterocycles. The van der Waals surface area contributed by atoms with Crippen molar-refractivity contribution in [3.05, 3.63) is 64.2 Å². The van der Waals surface area contributed by atoms with Crippen molar-refractivity contribution in [3.8, 4) is 5.75 Å². The van der Waals surface area contributed by atoms with Gasteiger partial charge in [0.15, 0.2) is 0 Å². The van der Waals surface area contributed by atoms with Crippen LogP contribution in [-0.4, -0.2) is 11.2 Å². The van der Waals surface area contributed by atoms with Crippen LogP contribution in [0.5, 0.6) is 5.75 Å². The van der Waals surface area contributed by atoms with Crippen molar-refractivity contribution in [2.75, 3.05) is 6.61 Å². The normalized spacial score (nSPS) is 10.9. The maximum Gasteiger partial charge on any atom is 0.119 e. The van der Waals surface area contributed by atoms with E-state index >= 15 is 0 Å². The van der Waals surface area contributed by atoms with Gasteiger partial charge in [-0.2, -0.15) is 0 Å². The van der Waals surface area contributed by atoms with E-state index in [2.05, 4.69) is 26.6 Å². The summed E-state index contributed by atoms with van der Waals surface area (Å²) in [7, 11) is 0. The van der Waals surface area contributed by atoms with E-state index in [1.807, 2.05) is 48.7 Å². The van der Waals surface area contributed by atoms with E-state index in [1.165, 1.54) is 0 Å². The van der Waals surface area contributed by atoms with Gasteiger partial charge in [-0.05, 0) is 42.5 Å². The van der Waals surface area contributed by atoms with Crippen LogP contribution in [0.25, 0.3) is 10.9 Å². The lowest BCUT2D eigenvalue weighted by atomic mass is 10.2. The third-order valence-corrected chi connectivity index (χ3v) is 4.03. The number of hydrogen-bond acceptors (Lipinski definition) is 1. The molecule has 0 aliphatic rings. The topological polar surface area (TPSA) is 14.2 Å². The highest BCUT2D eigenvalue weighted by molar-refractivity contribution is 9.10. The molecule has 0 N–H and O–H groups in total. The Balaban J connectivity index is 1.68. The van der Waals surface area contributed by atoms with Crippen LogP contribution in [0.15, 0.2) is 59.2 Å². The highest BCUT2D eigenvalue weighted by Crippen LogP contribution is 2.24. The second-order valence-electron chi connectivity index (χ2n) is 4.48. The molecule has 102 valence electrons. The number of nitrogens with zero attached hydrogens (tertiary/aromatic N) is 1. The summed E-state index contributed by atoms with van der Waals surface area (Å²) in [6.07, 6.45) is 2.04. The maximum atomic E-state index is 6.17. The fourth-order valence-electron chi connectivity index (χ4n) is 2.17. The molecule has 0 unspecified atom stereocenters. The molecule has 0 aliphatic carbocycles. The number of aromatic nitrogens is 1. The Kier molecular flexibility index (Phi) is 3.99. The monoisotopic (exact) mass is 349 g/mol. The SMILES string of the molecule is Clc1cccc2c1ccn2CCOc1ccc(Br)cc1. The first-order valence-corrected chi connectivity index (χ1v) is 7.53. The minimum atomic E-state index is 0.623. The molecule has 0 radical (unpaired) electrons. The minimum absolute atomic E-state index is 0.623. The number of rotatable bonds is 4. The van der Waals surface area contributed by atoms with Gasteiger partial charge in [0.2, 0.25) is 0 Å². The third kappa shape index (κ3) is 2.84. The molecule has 4 heteroatoms. The summed E-state index contributed by atoms with van der Waals surface area (Å²) in [4.78, 5) is 0. The number of hydrogen-bond donors (Lipinski definition) is 0. The Labute approximate surface area is 131 Å². The molecule has 0 amide bonds. The van der Waals surface area contributed by atoms with Crippen molar-refractivity contribution in [1.29, 1.82) is 0 Å². The molecule has 3 rings (SSSR count). The number of fused-ring (bicyclic) bond motifs is 1. The first-order valence-electron chi connectivity index (χ1n) is 6.36. The van der Waals surface area contributed by atoms with Crippen molar-refractivity contribution in [1.82, 2.24) is 4.57 Å². The summed E-state index contributed by atoms with van der Waals surface area (Å²) in [6.45, 7) is 1.41. The van der Waals surface area contributed by atoms with Gasteiger partial charge in [0, 0.05) is 26.6 Å². The number of halogens is 2. The van der Waals surface area contributed by atoms with Gasteiger partial charge in [-0.15, -0.1) is 0 Å². The fraction of sp³-hybridized carbons (Fsp3) is 0.125. The molecule has 0 saturated carbocycles. The number of ether oxygens (including phenoxy) is 1. The van der Waals surface area contributed by atoms with E-state index < -0.39 is 0 Å². The van der Waals surface area contributed by atoms with E-state index in [0.717, 1.165) is 32.7 Å². The predicted molar refractivity (Wildman–Crippen MR) is 86.6 cm³/mol. The Morgan fingerprint density at radius 3 is 2.65 bits per heavy atom. The summed E-state index contributed by atoms with van der Waals surface area (Å²) in [6, 6.07) is 15.8. The zero-order valence-corrected chi connectivity index (χ0v) is 13.1. The van der Waals surface area contributed by atoms with Crippen LogP contribution in [0.2, 0.25) is 5.02 Å². The summed E-state index contributed by atoms with van der Waals surface area (Å²) >= 11 is 9.57. The lowest BCUT2D eigenvalue weighted by Gasteiger charge is -2.08. The molecule has 0 fully saturated rings. The van der Waals surface area contributed by atoms with Gasteiger partial charge < -0.3 is 9.30 Å². The van der Waals surface area contributed by atoms with Crippen LogP contribution in [-0.2, 0) is 6.54 Å². The van der Waals surface area contributed by atoms with Gasteiger partial charge in [-0.1, -0.05) is 33.6 Å². The predicted octanol–water partition coefficient (Wildman–Crippen LogP) is 5.14. The van der Waals surface area contributed by atoms with Crippen LogP contribution in [0, 0.1) is 0 Å². The second kappa shape index (κ2) is 5.90. The highest BCUT2D eigenvalue weighted by atomic mass is 79.9. The van der Waals surface area contributed by atoms with Gasteiger partial charge in [0.1, 0.15) is 12.4 Å². The molecular weight excluding hydrogens is 338 g/mol. The molecule has 1 heterocycles. The summed E-state index contributed by atoms with van der Waals surface area (Å²) in [5.74, 6) is 0.877. The first-order chi connectivity index (χ1) is 9.74. The van der Waals surface area contributed by atoms with Crippen molar-refractivity contribution >= 4 is 38.4 Å². The van der Waals surface area contributed by atoms with Crippen molar-refractivity contribution in [2.45, 2.75) is 6.54 Å². The Morgan fingerprint density at radius 1 is 1.05 bits per heavy atom. The van der Waals surface area contributed by atoms with Gasteiger partial charge in [0.25, 0.3) is 0 Å². The summed E-state index contributed by atoms with van der Waals surface area (Å²) < 4.78 is 8.94. The molecule has 20 heavy (non-hydrogen) atoms. The molecule has 3 aromatic rings. The smallest absolute Gasteiger partial charge is 0.119 e. The standard InChI is InChI=1S/C16H13BrClNO/c17-12-4-6-13(7-5-12)20-11-10-19-9-8-14-15(18)2-1-3-16(14)19/h1-9H,10-11H2. The Hall–Kier alpha value is -1.45. The van der Waals surface area contributed by atoms with Crippen molar-refractivity contribution in [3.63, 3.8) is 0 Å². The molecule has 0 bridgehead atoms. The van der Waals surface area contributed by atoms with Gasteiger partial charge in [-0.3, -0.25) is 0 Å². The summed E-state index contributed by atoms with van der Waals surface area (Å²) in [5, 5.41) is 1.87. The van der Waals surface area contributed by atoms with Crippen LogP contribution in [0.3, 0.4) is 0 Å². The zero-order valence-electron chi connectivity index (χ0n) is 10.7. The Bertz CT molecular complexity index is 721. The largest absolute Gasteiger partial charge is 0.492 e.